The van der Waals surface area contributed by atoms with E-state index in [4.69, 9.17) is 25.2 Å². The van der Waals surface area contributed by atoms with Crippen LogP contribution in [0.5, 0.6) is 5.75 Å². The summed E-state index contributed by atoms with van der Waals surface area (Å²) >= 11 is 0. The highest BCUT2D eigenvalue weighted by atomic mass is 32.2. The van der Waals surface area contributed by atoms with Crippen LogP contribution < -0.4 is 20.1 Å². The maximum atomic E-state index is 15.8. The Morgan fingerprint density at radius 2 is 1.93 bits per heavy atom. The van der Waals surface area contributed by atoms with E-state index in [2.05, 4.69) is 9.71 Å². The molecule has 0 saturated carbocycles. The van der Waals surface area contributed by atoms with Crippen molar-refractivity contribution in [3.63, 3.8) is 0 Å². The van der Waals surface area contributed by atoms with Gasteiger partial charge in [-0.15, -0.1) is 0 Å². The maximum Gasteiger partial charge on any atom is 0.232 e. The molecule has 1 saturated heterocycles. The Labute approximate surface area is 241 Å². The molecule has 0 amide bonds. The molecular formula is C28H30F2N6O5S. The molecule has 5 rings (SSSR count). The maximum absolute atomic E-state index is 15.8. The lowest BCUT2D eigenvalue weighted by Gasteiger charge is -2.29. The molecule has 3 heterocycles. The number of hydrogen-bond donors (Lipinski definition) is 3. The summed E-state index contributed by atoms with van der Waals surface area (Å²) in [5, 5.41) is 10.1. The number of aliphatic hydroxyl groups excluding tert-OH is 1. The number of benzene rings is 2. The van der Waals surface area contributed by atoms with Crippen LogP contribution in [0.15, 0.2) is 48.7 Å². The van der Waals surface area contributed by atoms with E-state index in [-0.39, 0.29) is 36.6 Å². The average Bonchev–Trinajstić information content (AvgIpc) is 3.00. The average molecular weight is 601 g/mol. The number of aromatic nitrogens is 3. The van der Waals surface area contributed by atoms with Crippen LogP contribution in [0.1, 0.15) is 6.42 Å². The minimum Gasteiger partial charge on any atom is -0.489 e. The van der Waals surface area contributed by atoms with Crippen molar-refractivity contribution in [1.29, 1.82) is 0 Å². The SMILES string of the molecule is Nc1ccc(-c2nc(N3CCOCC3)c3cc(-c4cccc(NS(=O)(=O)CCCF)c4F)cc(OCCO)c3n2)cn1. The lowest BCUT2D eigenvalue weighted by molar-refractivity contribution is 0.122. The first kappa shape index (κ1) is 29.4. The summed E-state index contributed by atoms with van der Waals surface area (Å²) in [6.45, 7) is 0.937. The topological polar surface area (TPSA) is 153 Å². The molecule has 14 heteroatoms. The van der Waals surface area contributed by atoms with E-state index in [1.54, 1.807) is 30.5 Å². The zero-order valence-electron chi connectivity index (χ0n) is 22.6. The van der Waals surface area contributed by atoms with Crippen molar-refractivity contribution in [1.82, 2.24) is 15.0 Å². The molecular weight excluding hydrogens is 570 g/mol. The monoisotopic (exact) mass is 600 g/mol. The fourth-order valence-electron chi connectivity index (χ4n) is 4.59. The standard InChI is InChI=1S/C28H30F2N6O5S/c29-7-2-14-42(38,39)35-22-4-1-3-20(25(22)30)19-15-21-26(23(16-19)41-13-10-37)33-27(18-5-6-24(31)32-17-18)34-28(21)36-8-11-40-12-9-36/h1,3-6,15-17,35,37H,2,7-14H2,(H2,31,32). The number of anilines is 3. The number of nitrogens with one attached hydrogen (secondary N) is 1. The number of alkyl halides is 1. The van der Waals surface area contributed by atoms with Gasteiger partial charge in [-0.25, -0.2) is 27.8 Å². The second kappa shape index (κ2) is 12.8. The van der Waals surface area contributed by atoms with Crippen LogP contribution in [-0.4, -0.2) is 80.4 Å². The van der Waals surface area contributed by atoms with Gasteiger partial charge in [-0.2, -0.15) is 0 Å². The van der Waals surface area contributed by atoms with Crippen LogP contribution in [0.2, 0.25) is 0 Å². The summed E-state index contributed by atoms with van der Waals surface area (Å²) in [5.41, 5.74) is 7.02. The number of aliphatic hydroxyl groups is 1. The van der Waals surface area contributed by atoms with Gasteiger partial charge >= 0.3 is 0 Å². The zero-order chi connectivity index (χ0) is 29.7. The Morgan fingerprint density at radius 3 is 2.64 bits per heavy atom. The number of fused-ring (bicyclic) bond motifs is 1. The molecule has 0 unspecified atom stereocenters. The van der Waals surface area contributed by atoms with Crippen molar-refractivity contribution >= 4 is 38.2 Å². The summed E-state index contributed by atoms with van der Waals surface area (Å²) in [7, 11) is -3.96. The minimum atomic E-state index is -3.96. The minimum absolute atomic E-state index is 0.0505. The first-order valence-electron chi connectivity index (χ1n) is 13.3. The van der Waals surface area contributed by atoms with Gasteiger partial charge in [0, 0.05) is 35.8 Å². The molecule has 0 aliphatic carbocycles. The van der Waals surface area contributed by atoms with Gasteiger partial charge in [0.25, 0.3) is 0 Å². The molecule has 2 aromatic heterocycles. The van der Waals surface area contributed by atoms with Crippen LogP contribution >= 0.6 is 0 Å². The van der Waals surface area contributed by atoms with Gasteiger partial charge in [-0.1, -0.05) is 12.1 Å². The van der Waals surface area contributed by atoms with Gasteiger partial charge in [-0.3, -0.25) is 9.11 Å². The number of hydrogen-bond acceptors (Lipinski definition) is 10. The summed E-state index contributed by atoms with van der Waals surface area (Å²) in [6.07, 6.45) is 1.36. The quantitative estimate of drug-likeness (QED) is 0.234. The normalized spacial score (nSPS) is 13.8. The van der Waals surface area contributed by atoms with E-state index in [1.807, 2.05) is 4.90 Å². The lowest BCUT2D eigenvalue weighted by Crippen LogP contribution is -2.37. The van der Waals surface area contributed by atoms with Gasteiger partial charge in [0.1, 0.15) is 29.5 Å². The number of pyridine rings is 1. The first-order valence-corrected chi connectivity index (χ1v) is 14.9. The molecule has 222 valence electrons. The third-order valence-electron chi connectivity index (χ3n) is 6.57. The Hall–Kier alpha value is -4.14. The van der Waals surface area contributed by atoms with Crippen LogP contribution in [0.4, 0.5) is 26.1 Å². The molecule has 4 aromatic rings. The second-order valence-corrected chi connectivity index (χ2v) is 11.4. The molecule has 2 aromatic carbocycles. The number of sulfonamides is 1. The smallest absolute Gasteiger partial charge is 0.232 e. The van der Waals surface area contributed by atoms with E-state index >= 15 is 4.39 Å². The third-order valence-corrected chi connectivity index (χ3v) is 7.93. The van der Waals surface area contributed by atoms with Gasteiger partial charge < -0.3 is 25.2 Å². The van der Waals surface area contributed by atoms with Crippen molar-refractivity contribution < 1.29 is 31.8 Å². The molecule has 1 aliphatic rings. The molecule has 4 N–H and O–H groups in total. The Kier molecular flexibility index (Phi) is 8.94. The first-order chi connectivity index (χ1) is 20.3. The Bertz CT molecular complexity index is 1670. The number of nitrogens with two attached hydrogens (primary N) is 1. The number of nitrogens with zero attached hydrogens (tertiary/aromatic N) is 4. The fourth-order valence-corrected chi connectivity index (χ4v) is 5.67. The van der Waals surface area contributed by atoms with Crippen molar-refractivity contribution in [2.45, 2.75) is 6.42 Å². The molecule has 0 bridgehead atoms. The van der Waals surface area contributed by atoms with Crippen molar-refractivity contribution in [2.24, 2.45) is 0 Å². The second-order valence-electron chi connectivity index (χ2n) is 9.52. The summed E-state index contributed by atoms with van der Waals surface area (Å²) in [4.78, 5) is 15.8. The van der Waals surface area contributed by atoms with Crippen molar-refractivity contribution in [3.05, 3.63) is 54.5 Å². The number of rotatable bonds is 11. The molecule has 0 spiro atoms. The zero-order valence-corrected chi connectivity index (χ0v) is 23.4. The van der Waals surface area contributed by atoms with Crippen LogP contribution in [-0.2, 0) is 14.8 Å². The summed E-state index contributed by atoms with van der Waals surface area (Å²) in [5.74, 6) is 0.259. The molecule has 11 nitrogen and oxygen atoms in total. The van der Waals surface area contributed by atoms with Crippen molar-refractivity contribution in [2.75, 3.05) is 67.3 Å². The number of halogens is 2. The lowest BCUT2D eigenvalue weighted by atomic mass is 10.0. The third kappa shape index (κ3) is 6.50. The van der Waals surface area contributed by atoms with Gasteiger partial charge in [0.15, 0.2) is 11.6 Å². The van der Waals surface area contributed by atoms with E-state index in [9.17, 15) is 17.9 Å². The van der Waals surface area contributed by atoms with E-state index in [0.717, 1.165) is 0 Å². The predicted molar refractivity (Wildman–Crippen MR) is 156 cm³/mol. The van der Waals surface area contributed by atoms with Crippen LogP contribution in [0, 0.1) is 5.82 Å². The highest BCUT2D eigenvalue weighted by Gasteiger charge is 2.23. The Morgan fingerprint density at radius 1 is 1.12 bits per heavy atom. The van der Waals surface area contributed by atoms with Gasteiger partial charge in [-0.05, 0) is 42.3 Å². The van der Waals surface area contributed by atoms with Crippen LogP contribution in [0.25, 0.3) is 33.4 Å². The largest absolute Gasteiger partial charge is 0.489 e. The van der Waals surface area contributed by atoms with E-state index in [1.165, 1.54) is 18.2 Å². The molecule has 42 heavy (non-hydrogen) atoms. The van der Waals surface area contributed by atoms with Crippen molar-refractivity contribution in [3.8, 4) is 28.3 Å². The fraction of sp³-hybridized carbons (Fsp3) is 0.321. The number of morpholine rings is 1. The summed E-state index contributed by atoms with van der Waals surface area (Å²) < 4.78 is 66.7. The van der Waals surface area contributed by atoms with Gasteiger partial charge in [0.05, 0.1) is 37.9 Å². The predicted octanol–water partition coefficient (Wildman–Crippen LogP) is 3.39. The summed E-state index contributed by atoms with van der Waals surface area (Å²) in [6, 6.07) is 11.0. The molecule has 0 radical (unpaired) electrons. The number of nitrogen functional groups attached to an aromatic ring is 1. The highest BCUT2D eigenvalue weighted by molar-refractivity contribution is 7.92. The highest BCUT2D eigenvalue weighted by Crippen LogP contribution is 2.39. The molecule has 0 atom stereocenters. The molecule has 1 aliphatic heterocycles. The van der Waals surface area contributed by atoms with Crippen LogP contribution in [0.3, 0.4) is 0 Å². The Balaban J connectivity index is 1.69. The van der Waals surface area contributed by atoms with Gasteiger partial charge in [0.2, 0.25) is 10.0 Å². The van der Waals surface area contributed by atoms with E-state index in [0.29, 0.717) is 65.8 Å². The molecule has 1 fully saturated rings. The van der Waals surface area contributed by atoms with E-state index < -0.39 is 28.3 Å². The number of ether oxygens (including phenoxy) is 2.